The van der Waals surface area contributed by atoms with Gasteiger partial charge in [-0.1, -0.05) is 54.6 Å². The van der Waals surface area contributed by atoms with Gasteiger partial charge in [-0.25, -0.2) is 0 Å². The van der Waals surface area contributed by atoms with E-state index in [0.29, 0.717) is 0 Å². The second kappa shape index (κ2) is 3.39. The molecule has 1 aliphatic carbocycles. The average Bonchev–Trinajstić information content (AvgIpc) is 2.74. The average molecular weight is 190 g/mol. The van der Waals surface area contributed by atoms with Gasteiger partial charge in [-0.15, -0.1) is 0 Å². The van der Waals surface area contributed by atoms with Crippen LogP contribution in [0.2, 0.25) is 0 Å². The highest BCUT2D eigenvalue weighted by molar-refractivity contribution is 5.94. The molecule has 3 rings (SSSR count). The van der Waals surface area contributed by atoms with E-state index >= 15 is 0 Å². The van der Waals surface area contributed by atoms with Crippen LogP contribution in [0.25, 0.3) is 11.6 Å². The molecule has 2 aromatic rings. The van der Waals surface area contributed by atoms with Crippen LogP contribution in [-0.2, 0) is 0 Å². The molecule has 0 atom stereocenters. The normalized spacial score (nSPS) is 13.5. The Bertz CT molecular complexity index is 507. The molecule has 0 N–H and O–H groups in total. The van der Waals surface area contributed by atoms with Crippen molar-refractivity contribution in [3.63, 3.8) is 0 Å². The first-order valence-electron chi connectivity index (χ1n) is 5.07. The van der Waals surface area contributed by atoms with Gasteiger partial charge in [0.05, 0.1) is 6.42 Å². The van der Waals surface area contributed by atoms with Crippen molar-refractivity contribution in [1.82, 2.24) is 0 Å². The van der Waals surface area contributed by atoms with Crippen LogP contribution in [-0.4, -0.2) is 0 Å². The third-order valence-corrected chi connectivity index (χ3v) is 2.61. The van der Waals surface area contributed by atoms with Crippen molar-refractivity contribution in [1.29, 1.82) is 0 Å². The highest BCUT2D eigenvalue weighted by Gasteiger charge is 2.13. The molecule has 0 saturated carbocycles. The van der Waals surface area contributed by atoms with Crippen LogP contribution in [0.4, 0.5) is 0 Å². The zero-order valence-corrected chi connectivity index (χ0v) is 8.27. The Kier molecular flexibility index (Phi) is 1.92. The minimum absolute atomic E-state index is 1.18. The van der Waals surface area contributed by atoms with Gasteiger partial charge in [-0.2, -0.15) is 0 Å². The monoisotopic (exact) mass is 190 g/mol. The number of benzene rings is 2. The summed E-state index contributed by atoms with van der Waals surface area (Å²) in [6.45, 7) is 0. The molecule has 0 fully saturated rings. The Morgan fingerprint density at radius 1 is 0.733 bits per heavy atom. The van der Waals surface area contributed by atoms with Gasteiger partial charge >= 0.3 is 0 Å². The molecular formula is C15H10. The fourth-order valence-corrected chi connectivity index (χ4v) is 1.85. The van der Waals surface area contributed by atoms with E-state index in [1.807, 2.05) is 12.1 Å². The number of allylic oxidation sites excluding steroid dienone is 1. The molecule has 0 bridgehead atoms. The SMILES string of the molecule is [C]1C(c2ccccc2)=Cc2ccccc21. The summed E-state index contributed by atoms with van der Waals surface area (Å²) in [5, 5.41) is 0. The highest BCUT2D eigenvalue weighted by atomic mass is 14.2. The standard InChI is InChI=1S/C15H10/c1-2-6-12(7-3-1)15-10-13-8-4-5-9-14(13)11-15/h1-10H. The first-order chi connectivity index (χ1) is 7.43. The van der Waals surface area contributed by atoms with Gasteiger partial charge in [0, 0.05) is 0 Å². The Hall–Kier alpha value is -1.82. The summed E-state index contributed by atoms with van der Waals surface area (Å²) in [6.07, 6.45) is 5.60. The quantitative estimate of drug-likeness (QED) is 0.643. The lowest BCUT2D eigenvalue weighted by Crippen LogP contribution is -1.81. The molecule has 0 spiro atoms. The number of hydrogen-bond acceptors (Lipinski definition) is 0. The van der Waals surface area contributed by atoms with Crippen molar-refractivity contribution < 1.29 is 0 Å². The van der Waals surface area contributed by atoms with Gasteiger partial charge in [0.25, 0.3) is 0 Å². The lowest BCUT2D eigenvalue weighted by molar-refractivity contribution is 1.53. The first-order valence-corrected chi connectivity index (χ1v) is 5.07. The lowest BCUT2D eigenvalue weighted by Gasteiger charge is -1.99. The molecule has 0 nitrogen and oxygen atoms in total. The maximum atomic E-state index is 3.41. The summed E-state index contributed by atoms with van der Waals surface area (Å²) >= 11 is 0. The van der Waals surface area contributed by atoms with E-state index < -0.39 is 0 Å². The van der Waals surface area contributed by atoms with Gasteiger partial charge in [0.15, 0.2) is 0 Å². The molecule has 0 heterocycles. The van der Waals surface area contributed by atoms with Crippen molar-refractivity contribution in [2.45, 2.75) is 0 Å². The molecule has 0 heteroatoms. The Morgan fingerprint density at radius 3 is 2.27 bits per heavy atom. The summed E-state index contributed by atoms with van der Waals surface area (Å²) in [7, 11) is 0. The first kappa shape index (κ1) is 8.49. The maximum Gasteiger partial charge on any atom is 0.0514 e. The van der Waals surface area contributed by atoms with Crippen LogP contribution in [0.1, 0.15) is 16.7 Å². The van der Waals surface area contributed by atoms with E-state index in [4.69, 9.17) is 0 Å². The minimum atomic E-state index is 1.18. The van der Waals surface area contributed by atoms with Crippen LogP contribution >= 0.6 is 0 Å². The zero-order valence-electron chi connectivity index (χ0n) is 8.27. The molecule has 1 aliphatic rings. The van der Waals surface area contributed by atoms with Crippen molar-refractivity contribution in [2.75, 3.05) is 0 Å². The van der Waals surface area contributed by atoms with Gasteiger partial charge in [0.2, 0.25) is 0 Å². The summed E-state index contributed by atoms with van der Waals surface area (Å²) in [5.74, 6) is 0. The highest BCUT2D eigenvalue weighted by Crippen LogP contribution is 2.32. The second-order valence-corrected chi connectivity index (χ2v) is 3.64. The van der Waals surface area contributed by atoms with Crippen LogP contribution < -0.4 is 0 Å². The van der Waals surface area contributed by atoms with E-state index in [0.717, 1.165) is 0 Å². The molecule has 0 aromatic heterocycles. The second-order valence-electron chi connectivity index (χ2n) is 3.64. The largest absolute Gasteiger partial charge is 0.0622 e. The zero-order chi connectivity index (χ0) is 10.1. The van der Waals surface area contributed by atoms with Gasteiger partial charge in [0.1, 0.15) is 0 Å². The number of fused-ring (bicyclic) bond motifs is 1. The molecule has 15 heavy (non-hydrogen) atoms. The van der Waals surface area contributed by atoms with E-state index in [1.54, 1.807) is 0 Å². The van der Waals surface area contributed by atoms with Crippen LogP contribution in [0.5, 0.6) is 0 Å². The summed E-state index contributed by atoms with van der Waals surface area (Å²) < 4.78 is 0. The lowest BCUT2D eigenvalue weighted by atomic mass is 10.0. The molecule has 2 radical (unpaired) electrons. The van der Waals surface area contributed by atoms with E-state index in [9.17, 15) is 0 Å². The number of rotatable bonds is 1. The van der Waals surface area contributed by atoms with Crippen molar-refractivity contribution in [3.05, 3.63) is 77.7 Å². The fraction of sp³-hybridized carbons (Fsp3) is 0. The van der Waals surface area contributed by atoms with Gasteiger partial charge in [-0.05, 0) is 28.3 Å². The van der Waals surface area contributed by atoms with Crippen molar-refractivity contribution in [3.8, 4) is 0 Å². The maximum absolute atomic E-state index is 3.41. The molecular weight excluding hydrogens is 180 g/mol. The molecule has 70 valence electrons. The van der Waals surface area contributed by atoms with Crippen molar-refractivity contribution >= 4 is 11.6 Å². The van der Waals surface area contributed by atoms with E-state index in [-0.39, 0.29) is 0 Å². The van der Waals surface area contributed by atoms with E-state index in [2.05, 4.69) is 55.0 Å². The molecule has 0 unspecified atom stereocenters. The Labute approximate surface area is 89.9 Å². The minimum Gasteiger partial charge on any atom is -0.0622 e. The van der Waals surface area contributed by atoms with Crippen molar-refractivity contribution in [2.24, 2.45) is 0 Å². The Balaban J connectivity index is 2.02. The topological polar surface area (TPSA) is 0 Å². The predicted molar refractivity (Wildman–Crippen MR) is 63.1 cm³/mol. The third kappa shape index (κ3) is 1.48. The Morgan fingerprint density at radius 2 is 1.47 bits per heavy atom. The van der Waals surface area contributed by atoms with Crippen LogP contribution in [0, 0.1) is 6.42 Å². The molecule has 0 saturated heterocycles. The third-order valence-electron chi connectivity index (χ3n) is 2.61. The predicted octanol–water partition coefficient (Wildman–Crippen LogP) is 3.67. The van der Waals surface area contributed by atoms with Crippen LogP contribution in [0.3, 0.4) is 0 Å². The molecule has 0 amide bonds. The summed E-state index contributed by atoms with van der Waals surface area (Å²) in [6, 6.07) is 18.7. The van der Waals surface area contributed by atoms with E-state index in [1.165, 1.54) is 22.3 Å². The number of hydrogen-bond donors (Lipinski definition) is 0. The van der Waals surface area contributed by atoms with Gasteiger partial charge < -0.3 is 0 Å². The van der Waals surface area contributed by atoms with Crippen LogP contribution in [0.15, 0.2) is 54.6 Å². The summed E-state index contributed by atoms with van der Waals surface area (Å²) in [5.41, 5.74) is 4.86. The van der Waals surface area contributed by atoms with Gasteiger partial charge in [-0.3, -0.25) is 0 Å². The smallest absolute Gasteiger partial charge is 0.0514 e. The summed E-state index contributed by atoms with van der Waals surface area (Å²) in [4.78, 5) is 0. The molecule has 0 aliphatic heterocycles. The fourth-order valence-electron chi connectivity index (χ4n) is 1.85. The molecule has 2 aromatic carbocycles.